The Kier molecular flexibility index (Phi) is 5.29. The number of carboxylic acid groups (broad SMARTS) is 1. The van der Waals surface area contributed by atoms with E-state index < -0.39 is 17.8 Å². The Balaban J connectivity index is 2.22. The molecule has 0 spiro atoms. The summed E-state index contributed by atoms with van der Waals surface area (Å²) < 4.78 is 0. The van der Waals surface area contributed by atoms with Gasteiger partial charge in [0, 0.05) is 18.9 Å². The number of nitrogens with one attached hydrogen (secondary N) is 2. The zero-order chi connectivity index (χ0) is 13.5. The van der Waals surface area contributed by atoms with E-state index in [2.05, 4.69) is 20.5 Å². The van der Waals surface area contributed by atoms with Gasteiger partial charge in [0.25, 0.3) is 0 Å². The monoisotopic (exact) mass is 254 g/mol. The number of rotatable bonds is 7. The number of H-pyrrole nitrogens is 1. The van der Waals surface area contributed by atoms with Gasteiger partial charge in [-0.2, -0.15) is 5.10 Å². The minimum absolute atomic E-state index is 0.234. The third-order valence-electron chi connectivity index (χ3n) is 2.91. The molecule has 0 bridgehead atoms. The molecule has 3 N–H and O–H groups in total. The van der Waals surface area contributed by atoms with Crippen LogP contribution in [0.1, 0.15) is 26.1 Å². The third kappa shape index (κ3) is 4.15. The molecule has 0 aliphatic rings. The number of aryl methyl sites for hydroxylation is 1. The third-order valence-corrected chi connectivity index (χ3v) is 2.91. The van der Waals surface area contributed by atoms with Gasteiger partial charge in [-0.25, -0.2) is 4.98 Å². The van der Waals surface area contributed by atoms with Crippen LogP contribution in [0, 0.1) is 11.8 Å². The minimum atomic E-state index is -0.959. The first-order chi connectivity index (χ1) is 8.52. The molecule has 1 aromatic heterocycles. The lowest BCUT2D eigenvalue weighted by atomic mass is 9.95. The van der Waals surface area contributed by atoms with E-state index in [4.69, 9.17) is 5.11 Å². The lowest BCUT2D eigenvalue weighted by molar-refractivity contribution is -0.146. The summed E-state index contributed by atoms with van der Waals surface area (Å²) in [4.78, 5) is 26.3. The second-order valence-electron chi connectivity index (χ2n) is 4.24. The fourth-order valence-electron chi connectivity index (χ4n) is 1.42. The molecule has 0 aromatic carbocycles. The molecule has 0 aliphatic carbocycles. The predicted molar refractivity (Wildman–Crippen MR) is 63.7 cm³/mol. The van der Waals surface area contributed by atoms with Crippen molar-refractivity contribution in [3.8, 4) is 0 Å². The molecule has 7 heteroatoms. The second-order valence-corrected chi connectivity index (χ2v) is 4.24. The molecule has 0 fully saturated rings. The van der Waals surface area contributed by atoms with Crippen LogP contribution in [0.15, 0.2) is 6.33 Å². The molecule has 2 unspecified atom stereocenters. The Hall–Kier alpha value is -1.92. The lowest BCUT2D eigenvalue weighted by Crippen LogP contribution is -2.35. The van der Waals surface area contributed by atoms with Crippen molar-refractivity contribution in [1.82, 2.24) is 20.5 Å². The highest BCUT2D eigenvalue weighted by Gasteiger charge is 2.25. The van der Waals surface area contributed by atoms with Gasteiger partial charge in [0.15, 0.2) is 0 Å². The van der Waals surface area contributed by atoms with Crippen molar-refractivity contribution in [3.63, 3.8) is 0 Å². The van der Waals surface area contributed by atoms with Crippen molar-refractivity contribution < 1.29 is 14.7 Å². The van der Waals surface area contributed by atoms with Crippen molar-refractivity contribution in [2.45, 2.75) is 26.7 Å². The van der Waals surface area contributed by atoms with Crippen LogP contribution in [0.4, 0.5) is 0 Å². The zero-order valence-electron chi connectivity index (χ0n) is 10.5. The van der Waals surface area contributed by atoms with Gasteiger partial charge < -0.3 is 10.4 Å². The number of aliphatic carboxylic acids is 1. The molecule has 1 aromatic rings. The first kappa shape index (κ1) is 14.1. The van der Waals surface area contributed by atoms with Gasteiger partial charge in [0.05, 0.1) is 5.92 Å². The highest BCUT2D eigenvalue weighted by molar-refractivity contribution is 5.84. The Morgan fingerprint density at radius 2 is 2.17 bits per heavy atom. The van der Waals surface area contributed by atoms with Crippen molar-refractivity contribution in [3.05, 3.63) is 12.2 Å². The number of carbonyl (C=O) groups excluding carboxylic acids is 1. The lowest BCUT2D eigenvalue weighted by Gasteiger charge is -2.15. The molecule has 7 nitrogen and oxygen atoms in total. The van der Waals surface area contributed by atoms with Crippen LogP contribution in [-0.2, 0) is 16.0 Å². The van der Waals surface area contributed by atoms with Crippen LogP contribution >= 0.6 is 0 Å². The fourth-order valence-corrected chi connectivity index (χ4v) is 1.42. The summed E-state index contributed by atoms with van der Waals surface area (Å²) in [5, 5.41) is 18.0. The van der Waals surface area contributed by atoms with Crippen LogP contribution in [-0.4, -0.2) is 38.7 Å². The van der Waals surface area contributed by atoms with E-state index >= 15 is 0 Å². The van der Waals surface area contributed by atoms with Crippen molar-refractivity contribution in [2.24, 2.45) is 11.8 Å². The molecule has 1 rings (SSSR count). The number of nitrogens with zero attached hydrogens (tertiary/aromatic N) is 2. The largest absolute Gasteiger partial charge is 0.481 e. The van der Waals surface area contributed by atoms with Gasteiger partial charge in [-0.05, 0) is 6.42 Å². The Morgan fingerprint density at radius 3 is 2.72 bits per heavy atom. The maximum absolute atomic E-state index is 11.6. The number of carboxylic acids is 1. The molecule has 0 radical (unpaired) electrons. The zero-order valence-corrected chi connectivity index (χ0v) is 10.5. The fraction of sp³-hybridized carbons (Fsp3) is 0.636. The normalized spacial score (nSPS) is 13.9. The molecule has 100 valence electrons. The summed E-state index contributed by atoms with van der Waals surface area (Å²) in [5.41, 5.74) is 0. The highest BCUT2D eigenvalue weighted by Crippen LogP contribution is 2.10. The summed E-state index contributed by atoms with van der Waals surface area (Å²) in [6, 6.07) is 0. The smallest absolute Gasteiger partial charge is 0.307 e. The van der Waals surface area contributed by atoms with E-state index in [0.717, 1.165) is 12.2 Å². The highest BCUT2D eigenvalue weighted by atomic mass is 16.4. The molecule has 1 heterocycles. The Morgan fingerprint density at radius 1 is 1.44 bits per heavy atom. The standard InChI is InChI=1S/C11H18N4O3/c1-7(8(2)11(17)18)10(16)12-5-3-4-9-13-6-14-15-9/h6-8H,3-5H2,1-2H3,(H,12,16)(H,17,18)(H,13,14,15). The van der Waals surface area contributed by atoms with E-state index in [-0.39, 0.29) is 5.91 Å². The number of aromatic amines is 1. The minimum Gasteiger partial charge on any atom is -0.481 e. The molecule has 1 amide bonds. The van der Waals surface area contributed by atoms with Gasteiger partial charge in [0.1, 0.15) is 12.2 Å². The average molecular weight is 254 g/mol. The maximum Gasteiger partial charge on any atom is 0.307 e. The van der Waals surface area contributed by atoms with Crippen LogP contribution in [0.2, 0.25) is 0 Å². The van der Waals surface area contributed by atoms with Crippen molar-refractivity contribution >= 4 is 11.9 Å². The van der Waals surface area contributed by atoms with Crippen molar-refractivity contribution in [2.75, 3.05) is 6.54 Å². The molecular weight excluding hydrogens is 236 g/mol. The van der Waals surface area contributed by atoms with Crippen LogP contribution in [0.5, 0.6) is 0 Å². The molecule has 0 aliphatic heterocycles. The molecule has 0 saturated heterocycles. The van der Waals surface area contributed by atoms with Gasteiger partial charge in [0.2, 0.25) is 5.91 Å². The Bertz CT molecular complexity index is 391. The molecule has 2 atom stereocenters. The summed E-state index contributed by atoms with van der Waals surface area (Å²) >= 11 is 0. The molecular formula is C11H18N4O3. The van der Waals surface area contributed by atoms with Gasteiger partial charge >= 0.3 is 5.97 Å². The average Bonchev–Trinajstić information content (AvgIpc) is 2.85. The summed E-state index contributed by atoms with van der Waals surface area (Å²) in [6.45, 7) is 3.64. The molecule has 0 saturated carbocycles. The SMILES string of the molecule is CC(C(=O)O)C(C)C(=O)NCCCc1ncn[nH]1. The number of hydrogen-bond acceptors (Lipinski definition) is 4. The van der Waals surface area contributed by atoms with Gasteiger partial charge in [-0.3, -0.25) is 14.7 Å². The van der Waals surface area contributed by atoms with Crippen LogP contribution in [0.3, 0.4) is 0 Å². The van der Waals surface area contributed by atoms with Crippen molar-refractivity contribution in [1.29, 1.82) is 0 Å². The van der Waals surface area contributed by atoms with Crippen LogP contribution < -0.4 is 5.32 Å². The summed E-state index contributed by atoms with van der Waals surface area (Å²) in [5.74, 6) is -1.63. The van der Waals surface area contributed by atoms with E-state index in [1.54, 1.807) is 6.92 Å². The van der Waals surface area contributed by atoms with Gasteiger partial charge in [-0.15, -0.1) is 0 Å². The number of carbonyl (C=O) groups is 2. The Labute approximate surface area is 105 Å². The first-order valence-corrected chi connectivity index (χ1v) is 5.87. The van der Waals surface area contributed by atoms with Crippen LogP contribution in [0.25, 0.3) is 0 Å². The van der Waals surface area contributed by atoms with E-state index in [0.29, 0.717) is 13.0 Å². The van der Waals surface area contributed by atoms with E-state index in [1.807, 2.05) is 0 Å². The van der Waals surface area contributed by atoms with E-state index in [9.17, 15) is 9.59 Å². The topological polar surface area (TPSA) is 108 Å². The summed E-state index contributed by atoms with van der Waals surface area (Å²) in [7, 11) is 0. The van der Waals surface area contributed by atoms with Gasteiger partial charge in [-0.1, -0.05) is 13.8 Å². The second kappa shape index (κ2) is 6.73. The maximum atomic E-state index is 11.6. The molecule has 18 heavy (non-hydrogen) atoms. The number of amides is 1. The van der Waals surface area contributed by atoms with E-state index in [1.165, 1.54) is 13.3 Å². The number of aromatic nitrogens is 3. The quantitative estimate of drug-likeness (QED) is 0.603. The number of hydrogen-bond donors (Lipinski definition) is 3. The summed E-state index contributed by atoms with van der Waals surface area (Å²) in [6.07, 6.45) is 2.86. The predicted octanol–water partition coefficient (Wildman–Crippen LogP) is 0.210. The first-order valence-electron chi connectivity index (χ1n) is 5.87.